The monoisotopic (exact) mass is 468 g/mol. The zero-order valence-corrected chi connectivity index (χ0v) is 20.8. The van der Waals surface area contributed by atoms with E-state index in [-0.39, 0.29) is 0 Å². The molecule has 0 spiro atoms. The van der Waals surface area contributed by atoms with Gasteiger partial charge < -0.3 is 28.4 Å². The van der Waals surface area contributed by atoms with E-state index in [1.54, 1.807) is 0 Å². The number of rotatable bonds is 28. The standard InChI is InChI=1S/C24H49ClO6/c1-2-3-4-5-7-10-13-26-15-17-28-19-21-30-23-24-31-22-20-29-18-16-27-14-11-8-6-9-12-25/h2-24H2,1H3. The summed E-state index contributed by atoms with van der Waals surface area (Å²) in [6.07, 6.45) is 12.3. The Hall–Kier alpha value is 0.0500. The fraction of sp³-hybridized carbons (Fsp3) is 1.00. The van der Waals surface area contributed by atoms with Crippen LogP contribution in [0.1, 0.15) is 71.1 Å². The Balaban J connectivity index is 2.98. The Labute approximate surface area is 196 Å². The third-order valence-corrected chi connectivity index (χ3v) is 4.94. The molecule has 0 bridgehead atoms. The van der Waals surface area contributed by atoms with Crippen molar-refractivity contribution in [2.45, 2.75) is 71.1 Å². The summed E-state index contributed by atoms with van der Waals surface area (Å²) < 4.78 is 33.0. The van der Waals surface area contributed by atoms with Crippen molar-refractivity contribution in [1.82, 2.24) is 0 Å². The van der Waals surface area contributed by atoms with Crippen LogP contribution in [0.2, 0.25) is 0 Å². The highest BCUT2D eigenvalue weighted by Crippen LogP contribution is 2.04. The van der Waals surface area contributed by atoms with Crippen LogP contribution in [0.15, 0.2) is 0 Å². The lowest BCUT2D eigenvalue weighted by atomic mass is 10.1. The van der Waals surface area contributed by atoms with E-state index in [1.807, 2.05) is 0 Å². The highest BCUT2D eigenvalue weighted by atomic mass is 35.5. The average molecular weight is 469 g/mol. The lowest BCUT2D eigenvalue weighted by molar-refractivity contribution is -0.0169. The molecule has 6 nitrogen and oxygen atoms in total. The summed E-state index contributed by atoms with van der Waals surface area (Å²) in [5, 5.41) is 0. The second kappa shape index (κ2) is 30.0. The van der Waals surface area contributed by atoms with Gasteiger partial charge >= 0.3 is 0 Å². The van der Waals surface area contributed by atoms with Gasteiger partial charge in [0.2, 0.25) is 0 Å². The third-order valence-electron chi connectivity index (χ3n) is 4.67. The average Bonchev–Trinajstić information content (AvgIpc) is 2.78. The van der Waals surface area contributed by atoms with Gasteiger partial charge in [0.25, 0.3) is 0 Å². The van der Waals surface area contributed by atoms with Crippen molar-refractivity contribution in [3.8, 4) is 0 Å². The molecule has 0 atom stereocenters. The molecule has 0 aromatic carbocycles. The lowest BCUT2D eigenvalue weighted by Crippen LogP contribution is -2.14. The van der Waals surface area contributed by atoms with Gasteiger partial charge in [0, 0.05) is 19.1 Å². The van der Waals surface area contributed by atoms with E-state index in [9.17, 15) is 0 Å². The Kier molecular flexibility index (Phi) is 30.1. The quantitative estimate of drug-likeness (QED) is 0.115. The molecular formula is C24H49ClO6. The van der Waals surface area contributed by atoms with Crippen LogP contribution >= 0.6 is 11.6 Å². The van der Waals surface area contributed by atoms with E-state index < -0.39 is 0 Å². The molecule has 0 saturated carbocycles. The number of unbranched alkanes of at least 4 members (excludes halogenated alkanes) is 8. The molecule has 0 aliphatic rings. The number of alkyl halides is 1. The van der Waals surface area contributed by atoms with Crippen LogP contribution in [-0.4, -0.2) is 85.2 Å². The first-order chi connectivity index (χ1) is 15.4. The number of halogens is 1. The molecule has 188 valence electrons. The highest BCUT2D eigenvalue weighted by Gasteiger charge is 1.95. The van der Waals surface area contributed by atoms with Crippen LogP contribution in [0.5, 0.6) is 0 Å². The molecule has 0 aliphatic heterocycles. The molecule has 0 aliphatic carbocycles. The molecule has 31 heavy (non-hydrogen) atoms. The van der Waals surface area contributed by atoms with E-state index in [4.69, 9.17) is 40.0 Å². The van der Waals surface area contributed by atoms with E-state index >= 15 is 0 Å². The first-order valence-electron chi connectivity index (χ1n) is 12.4. The Bertz CT molecular complexity index is 282. The molecule has 0 heterocycles. The topological polar surface area (TPSA) is 55.4 Å². The van der Waals surface area contributed by atoms with E-state index in [0.717, 1.165) is 38.4 Å². The van der Waals surface area contributed by atoms with Crippen molar-refractivity contribution < 1.29 is 28.4 Å². The van der Waals surface area contributed by atoms with Gasteiger partial charge in [-0.3, -0.25) is 0 Å². The van der Waals surface area contributed by atoms with Crippen LogP contribution in [0.3, 0.4) is 0 Å². The zero-order valence-electron chi connectivity index (χ0n) is 20.1. The number of hydrogen-bond donors (Lipinski definition) is 0. The number of hydrogen-bond acceptors (Lipinski definition) is 6. The van der Waals surface area contributed by atoms with Gasteiger partial charge in [-0.1, -0.05) is 51.9 Å². The summed E-state index contributed by atoms with van der Waals surface area (Å²) in [6, 6.07) is 0. The molecule has 0 N–H and O–H groups in total. The van der Waals surface area contributed by atoms with Gasteiger partial charge in [0.15, 0.2) is 0 Å². The van der Waals surface area contributed by atoms with Gasteiger partial charge in [-0.25, -0.2) is 0 Å². The predicted molar refractivity (Wildman–Crippen MR) is 127 cm³/mol. The van der Waals surface area contributed by atoms with E-state index in [1.165, 1.54) is 44.9 Å². The maximum Gasteiger partial charge on any atom is 0.0701 e. The molecule has 0 aromatic rings. The van der Waals surface area contributed by atoms with Crippen molar-refractivity contribution in [3.05, 3.63) is 0 Å². The largest absolute Gasteiger partial charge is 0.379 e. The first-order valence-corrected chi connectivity index (χ1v) is 13.0. The van der Waals surface area contributed by atoms with Crippen molar-refractivity contribution in [2.24, 2.45) is 0 Å². The summed E-state index contributed by atoms with van der Waals surface area (Å²) >= 11 is 5.64. The second-order valence-electron chi connectivity index (χ2n) is 7.55. The number of ether oxygens (including phenoxy) is 6. The van der Waals surface area contributed by atoms with Crippen molar-refractivity contribution in [2.75, 3.05) is 85.2 Å². The van der Waals surface area contributed by atoms with Crippen LogP contribution in [-0.2, 0) is 28.4 Å². The van der Waals surface area contributed by atoms with Crippen LogP contribution in [0, 0.1) is 0 Å². The first kappa shape index (κ1) is 31.0. The fourth-order valence-electron chi connectivity index (χ4n) is 2.84. The molecule has 0 amide bonds. The third kappa shape index (κ3) is 30.1. The van der Waals surface area contributed by atoms with Crippen LogP contribution in [0.4, 0.5) is 0 Å². The molecule has 0 unspecified atom stereocenters. The second-order valence-corrected chi connectivity index (χ2v) is 7.92. The van der Waals surface area contributed by atoms with Gasteiger partial charge in [-0.15, -0.1) is 11.6 Å². The Morgan fingerprint density at radius 2 is 0.645 bits per heavy atom. The normalized spacial score (nSPS) is 11.4. The van der Waals surface area contributed by atoms with Crippen LogP contribution in [0.25, 0.3) is 0 Å². The van der Waals surface area contributed by atoms with Crippen molar-refractivity contribution >= 4 is 11.6 Å². The summed E-state index contributed by atoms with van der Waals surface area (Å²) in [4.78, 5) is 0. The molecule has 0 fully saturated rings. The Morgan fingerprint density at radius 1 is 0.355 bits per heavy atom. The fourth-order valence-corrected chi connectivity index (χ4v) is 3.03. The molecule has 0 rings (SSSR count). The van der Waals surface area contributed by atoms with Gasteiger partial charge in [-0.2, -0.15) is 0 Å². The molecule has 0 aromatic heterocycles. The van der Waals surface area contributed by atoms with E-state index in [0.29, 0.717) is 66.1 Å². The summed E-state index contributed by atoms with van der Waals surface area (Å²) in [7, 11) is 0. The molecule has 7 heteroatoms. The predicted octanol–water partition coefficient (Wildman–Crippen LogP) is 5.25. The summed E-state index contributed by atoms with van der Waals surface area (Å²) in [5.41, 5.74) is 0. The van der Waals surface area contributed by atoms with Crippen molar-refractivity contribution in [1.29, 1.82) is 0 Å². The smallest absolute Gasteiger partial charge is 0.0701 e. The van der Waals surface area contributed by atoms with Gasteiger partial charge in [0.05, 0.1) is 66.1 Å². The Morgan fingerprint density at radius 3 is 1.00 bits per heavy atom. The van der Waals surface area contributed by atoms with Gasteiger partial charge in [0.1, 0.15) is 0 Å². The highest BCUT2D eigenvalue weighted by molar-refractivity contribution is 6.17. The van der Waals surface area contributed by atoms with Crippen LogP contribution < -0.4 is 0 Å². The molecule has 0 saturated heterocycles. The van der Waals surface area contributed by atoms with Crippen molar-refractivity contribution in [3.63, 3.8) is 0 Å². The summed E-state index contributed by atoms with van der Waals surface area (Å²) in [6.45, 7) is 9.92. The maximum atomic E-state index is 5.64. The lowest BCUT2D eigenvalue weighted by Gasteiger charge is -2.08. The zero-order chi connectivity index (χ0) is 22.5. The van der Waals surface area contributed by atoms with E-state index in [2.05, 4.69) is 6.92 Å². The minimum absolute atomic E-state index is 0.573. The van der Waals surface area contributed by atoms with Gasteiger partial charge in [-0.05, 0) is 19.3 Å². The molecule has 0 radical (unpaired) electrons. The minimum Gasteiger partial charge on any atom is -0.379 e. The maximum absolute atomic E-state index is 5.64. The minimum atomic E-state index is 0.573. The summed E-state index contributed by atoms with van der Waals surface area (Å²) in [5.74, 6) is 0.757. The molecular weight excluding hydrogens is 420 g/mol. The SMILES string of the molecule is CCCCCCCCOCCOCCOCCOCCOCCOCCCCCCCl.